The maximum Gasteiger partial charge on any atom is 0.266 e. The Bertz CT molecular complexity index is 770. The molecule has 0 saturated carbocycles. The molecule has 1 N–H and O–H groups in total. The smallest absolute Gasteiger partial charge is 0.266 e. The first kappa shape index (κ1) is 14.1. The molecule has 1 aliphatic heterocycles. The van der Waals surface area contributed by atoms with Gasteiger partial charge in [0.1, 0.15) is 0 Å². The van der Waals surface area contributed by atoms with Gasteiger partial charge in [0, 0.05) is 18.2 Å². The van der Waals surface area contributed by atoms with E-state index in [9.17, 15) is 9.59 Å². The highest BCUT2D eigenvalue weighted by Gasteiger charge is 2.15. The molecule has 2 aromatic rings. The maximum atomic E-state index is 12.1. The Balaban J connectivity index is 1.61. The van der Waals surface area contributed by atoms with Crippen LogP contribution >= 0.6 is 0 Å². The normalized spacial score (nSPS) is 12.2. The molecule has 7 nitrogen and oxygen atoms in total. The lowest BCUT2D eigenvalue weighted by atomic mass is 10.2. The number of aromatic nitrogens is 2. The van der Waals surface area contributed by atoms with Gasteiger partial charge in [0.15, 0.2) is 11.5 Å². The fourth-order valence-corrected chi connectivity index (χ4v) is 2.13. The SMILES string of the molecule is Cc1ccc(=O)n(CCNC(=O)c2ccc3c(c2)OCO3)n1. The molecule has 7 heteroatoms. The van der Waals surface area contributed by atoms with E-state index in [1.165, 1.54) is 10.7 Å². The molecule has 0 radical (unpaired) electrons. The Morgan fingerprint density at radius 3 is 2.95 bits per heavy atom. The highest BCUT2D eigenvalue weighted by Crippen LogP contribution is 2.32. The van der Waals surface area contributed by atoms with Crippen molar-refractivity contribution in [3.8, 4) is 11.5 Å². The molecule has 1 aromatic carbocycles. The van der Waals surface area contributed by atoms with E-state index < -0.39 is 0 Å². The average Bonchev–Trinajstić information content (AvgIpc) is 2.98. The quantitative estimate of drug-likeness (QED) is 0.899. The Morgan fingerprint density at radius 2 is 2.09 bits per heavy atom. The van der Waals surface area contributed by atoms with Gasteiger partial charge in [0.05, 0.1) is 12.2 Å². The molecular formula is C15H15N3O4. The number of nitrogens with one attached hydrogen (secondary N) is 1. The van der Waals surface area contributed by atoms with Crippen molar-refractivity contribution in [3.05, 3.63) is 51.9 Å². The second-order valence-electron chi connectivity index (χ2n) is 4.86. The minimum absolute atomic E-state index is 0.169. The molecule has 1 amide bonds. The Labute approximate surface area is 126 Å². The number of carbonyl (C=O) groups excluding carboxylic acids is 1. The van der Waals surface area contributed by atoms with Crippen molar-refractivity contribution >= 4 is 5.91 Å². The molecule has 0 fully saturated rings. The standard InChI is InChI=1S/C15H15N3O4/c1-10-2-5-14(19)18(17-10)7-6-16-15(20)11-3-4-12-13(8-11)22-9-21-12/h2-5,8H,6-7,9H2,1H3,(H,16,20). The number of hydrogen-bond donors (Lipinski definition) is 1. The molecular weight excluding hydrogens is 286 g/mol. The summed E-state index contributed by atoms with van der Waals surface area (Å²) in [6, 6.07) is 8.12. The molecule has 0 unspecified atom stereocenters. The number of ether oxygens (including phenoxy) is 2. The minimum Gasteiger partial charge on any atom is -0.454 e. The van der Waals surface area contributed by atoms with Crippen LogP contribution in [0.25, 0.3) is 0 Å². The summed E-state index contributed by atoms with van der Waals surface area (Å²) >= 11 is 0. The number of fused-ring (bicyclic) bond motifs is 1. The lowest BCUT2D eigenvalue weighted by Crippen LogP contribution is -2.32. The van der Waals surface area contributed by atoms with Crippen molar-refractivity contribution in [1.82, 2.24) is 15.1 Å². The topological polar surface area (TPSA) is 82.5 Å². The summed E-state index contributed by atoms with van der Waals surface area (Å²) in [6.45, 7) is 2.60. The van der Waals surface area contributed by atoms with Crippen LogP contribution in [0.1, 0.15) is 16.1 Å². The van der Waals surface area contributed by atoms with E-state index in [0.717, 1.165) is 5.69 Å². The number of amides is 1. The molecule has 2 heterocycles. The van der Waals surface area contributed by atoms with Crippen LogP contribution in [-0.4, -0.2) is 29.0 Å². The second kappa shape index (κ2) is 5.88. The summed E-state index contributed by atoms with van der Waals surface area (Å²) in [7, 11) is 0. The van der Waals surface area contributed by atoms with Crippen LogP contribution in [0.2, 0.25) is 0 Å². The van der Waals surface area contributed by atoms with E-state index in [4.69, 9.17) is 9.47 Å². The number of benzene rings is 1. The molecule has 0 saturated heterocycles. The van der Waals surface area contributed by atoms with Gasteiger partial charge < -0.3 is 14.8 Å². The van der Waals surface area contributed by atoms with Crippen LogP contribution in [0.4, 0.5) is 0 Å². The van der Waals surface area contributed by atoms with Gasteiger partial charge in [-0.25, -0.2) is 4.68 Å². The monoisotopic (exact) mass is 301 g/mol. The summed E-state index contributed by atoms with van der Waals surface area (Å²) in [5.41, 5.74) is 1.04. The molecule has 0 spiro atoms. The lowest BCUT2D eigenvalue weighted by molar-refractivity contribution is 0.0951. The molecule has 1 aromatic heterocycles. The summed E-state index contributed by atoms with van der Waals surface area (Å²) in [6.07, 6.45) is 0. The fourth-order valence-electron chi connectivity index (χ4n) is 2.13. The molecule has 0 bridgehead atoms. The number of rotatable bonds is 4. The molecule has 0 aliphatic carbocycles. The number of hydrogen-bond acceptors (Lipinski definition) is 5. The zero-order chi connectivity index (χ0) is 15.5. The Kier molecular flexibility index (Phi) is 3.78. The molecule has 3 rings (SSSR count). The van der Waals surface area contributed by atoms with Gasteiger partial charge in [-0.1, -0.05) is 0 Å². The van der Waals surface area contributed by atoms with Gasteiger partial charge in [-0.05, 0) is 31.2 Å². The van der Waals surface area contributed by atoms with E-state index in [0.29, 0.717) is 30.2 Å². The predicted octanol–water partition coefficient (Wildman–Crippen LogP) is 0.710. The van der Waals surface area contributed by atoms with Crippen LogP contribution in [0.3, 0.4) is 0 Å². The van der Waals surface area contributed by atoms with Gasteiger partial charge in [0.25, 0.3) is 11.5 Å². The molecule has 22 heavy (non-hydrogen) atoms. The summed E-state index contributed by atoms with van der Waals surface area (Å²) < 4.78 is 11.8. The highest BCUT2D eigenvalue weighted by molar-refractivity contribution is 5.94. The van der Waals surface area contributed by atoms with Crippen molar-refractivity contribution in [1.29, 1.82) is 0 Å². The van der Waals surface area contributed by atoms with Crippen molar-refractivity contribution in [2.24, 2.45) is 0 Å². The summed E-state index contributed by atoms with van der Waals surface area (Å²) in [5.74, 6) is 0.954. The first-order valence-corrected chi connectivity index (χ1v) is 6.86. The molecule has 1 aliphatic rings. The first-order valence-electron chi connectivity index (χ1n) is 6.86. The van der Waals surface area contributed by atoms with E-state index >= 15 is 0 Å². The van der Waals surface area contributed by atoms with Gasteiger partial charge in [-0.3, -0.25) is 9.59 Å². The van der Waals surface area contributed by atoms with Crippen molar-refractivity contribution in [2.75, 3.05) is 13.3 Å². The Hall–Kier alpha value is -2.83. The van der Waals surface area contributed by atoms with Gasteiger partial charge in [-0.15, -0.1) is 0 Å². The molecule has 0 atom stereocenters. The summed E-state index contributed by atoms with van der Waals surface area (Å²) in [4.78, 5) is 23.7. The Morgan fingerprint density at radius 1 is 1.27 bits per heavy atom. The van der Waals surface area contributed by atoms with Crippen LogP contribution in [0.5, 0.6) is 11.5 Å². The predicted molar refractivity (Wildman–Crippen MR) is 78.1 cm³/mol. The third kappa shape index (κ3) is 2.93. The lowest BCUT2D eigenvalue weighted by Gasteiger charge is -2.07. The fraction of sp³-hybridized carbons (Fsp3) is 0.267. The number of nitrogens with zero attached hydrogens (tertiary/aromatic N) is 2. The van der Waals surface area contributed by atoms with Gasteiger partial charge in [-0.2, -0.15) is 5.10 Å². The second-order valence-corrected chi connectivity index (χ2v) is 4.86. The number of carbonyl (C=O) groups is 1. The average molecular weight is 301 g/mol. The van der Waals surface area contributed by atoms with Gasteiger partial charge in [0.2, 0.25) is 6.79 Å². The molecule has 114 valence electrons. The van der Waals surface area contributed by atoms with Crippen molar-refractivity contribution in [2.45, 2.75) is 13.5 Å². The zero-order valence-corrected chi connectivity index (χ0v) is 12.0. The minimum atomic E-state index is -0.237. The maximum absolute atomic E-state index is 12.1. The van der Waals surface area contributed by atoms with Crippen LogP contribution in [0.15, 0.2) is 35.1 Å². The largest absolute Gasteiger partial charge is 0.454 e. The van der Waals surface area contributed by atoms with Crippen molar-refractivity contribution in [3.63, 3.8) is 0 Å². The van der Waals surface area contributed by atoms with Gasteiger partial charge >= 0.3 is 0 Å². The van der Waals surface area contributed by atoms with E-state index in [2.05, 4.69) is 10.4 Å². The third-order valence-corrected chi connectivity index (χ3v) is 3.24. The summed E-state index contributed by atoms with van der Waals surface area (Å²) in [5, 5.41) is 6.86. The van der Waals surface area contributed by atoms with Crippen LogP contribution in [-0.2, 0) is 6.54 Å². The number of aryl methyl sites for hydroxylation is 1. The van der Waals surface area contributed by atoms with E-state index in [1.807, 2.05) is 0 Å². The van der Waals surface area contributed by atoms with Crippen molar-refractivity contribution < 1.29 is 14.3 Å². The van der Waals surface area contributed by atoms with E-state index in [1.54, 1.807) is 31.2 Å². The van der Waals surface area contributed by atoms with E-state index in [-0.39, 0.29) is 18.3 Å². The third-order valence-electron chi connectivity index (χ3n) is 3.24. The first-order chi connectivity index (χ1) is 10.6. The highest BCUT2D eigenvalue weighted by atomic mass is 16.7. The zero-order valence-electron chi connectivity index (χ0n) is 12.0. The van der Waals surface area contributed by atoms with Crippen LogP contribution in [0, 0.1) is 6.92 Å². The van der Waals surface area contributed by atoms with Crippen LogP contribution < -0.4 is 20.3 Å².